The van der Waals surface area contributed by atoms with Gasteiger partial charge in [0.25, 0.3) is 5.91 Å². The number of carbonyl (C=O) groups excluding carboxylic acids is 1. The molecule has 0 bridgehead atoms. The standard InChI is InChI=1S/C14H18BrNO2/c1-10-2-3-12(17)11(8-10)13(18)16-9-14(4-5-14)6-7-15/h2-3,8,17H,4-7,9H2,1H3,(H,16,18). The molecule has 3 nitrogen and oxygen atoms in total. The number of phenolic OH excluding ortho intramolecular Hbond substituents is 1. The fraction of sp³-hybridized carbons (Fsp3) is 0.500. The van der Waals surface area contributed by atoms with Gasteiger partial charge in [-0.2, -0.15) is 0 Å². The average Bonchev–Trinajstić information content (AvgIpc) is 3.10. The van der Waals surface area contributed by atoms with Crippen LogP contribution in [-0.4, -0.2) is 22.9 Å². The summed E-state index contributed by atoms with van der Waals surface area (Å²) in [7, 11) is 0. The molecule has 1 aromatic carbocycles. The smallest absolute Gasteiger partial charge is 0.255 e. The third-order valence-electron chi connectivity index (χ3n) is 3.60. The maximum Gasteiger partial charge on any atom is 0.255 e. The van der Waals surface area contributed by atoms with Gasteiger partial charge in [-0.25, -0.2) is 0 Å². The van der Waals surface area contributed by atoms with Gasteiger partial charge in [-0.15, -0.1) is 0 Å². The number of rotatable bonds is 5. The largest absolute Gasteiger partial charge is 0.507 e. The minimum Gasteiger partial charge on any atom is -0.507 e. The summed E-state index contributed by atoms with van der Waals surface area (Å²) in [6.07, 6.45) is 3.45. The highest BCUT2D eigenvalue weighted by atomic mass is 79.9. The van der Waals surface area contributed by atoms with Crippen molar-refractivity contribution in [2.75, 3.05) is 11.9 Å². The molecule has 0 radical (unpaired) electrons. The van der Waals surface area contributed by atoms with Crippen molar-refractivity contribution >= 4 is 21.8 Å². The van der Waals surface area contributed by atoms with E-state index in [2.05, 4.69) is 21.2 Å². The van der Waals surface area contributed by atoms with Crippen LogP contribution in [0.2, 0.25) is 0 Å². The summed E-state index contributed by atoms with van der Waals surface area (Å²) >= 11 is 3.45. The lowest BCUT2D eigenvalue weighted by Crippen LogP contribution is -2.30. The molecule has 1 amide bonds. The number of hydrogen-bond acceptors (Lipinski definition) is 2. The quantitative estimate of drug-likeness (QED) is 0.821. The molecule has 1 fully saturated rings. The molecule has 2 N–H and O–H groups in total. The number of halogens is 1. The molecule has 1 aliphatic carbocycles. The Morgan fingerprint density at radius 1 is 1.50 bits per heavy atom. The second-order valence-electron chi connectivity index (χ2n) is 5.14. The molecule has 0 spiro atoms. The highest BCUT2D eigenvalue weighted by Crippen LogP contribution is 2.48. The van der Waals surface area contributed by atoms with Gasteiger partial charge in [-0.1, -0.05) is 27.6 Å². The zero-order chi connectivity index (χ0) is 13.2. The van der Waals surface area contributed by atoms with E-state index in [4.69, 9.17) is 0 Å². The summed E-state index contributed by atoms with van der Waals surface area (Å²) in [4.78, 5) is 12.0. The molecule has 1 aromatic rings. The Labute approximate surface area is 116 Å². The van der Waals surface area contributed by atoms with E-state index in [1.807, 2.05) is 6.92 Å². The Morgan fingerprint density at radius 2 is 2.22 bits per heavy atom. The lowest BCUT2D eigenvalue weighted by molar-refractivity contribution is 0.0941. The van der Waals surface area contributed by atoms with E-state index in [0.29, 0.717) is 17.5 Å². The van der Waals surface area contributed by atoms with Crippen LogP contribution in [0.4, 0.5) is 0 Å². The summed E-state index contributed by atoms with van der Waals surface area (Å²) in [6, 6.07) is 5.07. The number of alkyl halides is 1. The first kappa shape index (κ1) is 13.4. The number of nitrogens with one attached hydrogen (secondary N) is 1. The van der Waals surface area contributed by atoms with Crippen LogP contribution < -0.4 is 5.32 Å². The summed E-state index contributed by atoms with van der Waals surface area (Å²) in [5.74, 6) is -0.138. The fourth-order valence-electron chi connectivity index (χ4n) is 2.09. The van der Waals surface area contributed by atoms with Crippen molar-refractivity contribution in [3.05, 3.63) is 29.3 Å². The fourth-order valence-corrected chi connectivity index (χ4v) is 2.93. The third kappa shape index (κ3) is 3.05. The number of benzene rings is 1. The monoisotopic (exact) mass is 311 g/mol. The Balaban J connectivity index is 1.98. The van der Waals surface area contributed by atoms with Gasteiger partial charge in [0.2, 0.25) is 0 Å². The van der Waals surface area contributed by atoms with E-state index in [9.17, 15) is 9.90 Å². The van der Waals surface area contributed by atoms with Crippen LogP contribution >= 0.6 is 15.9 Å². The Kier molecular flexibility index (Phi) is 3.95. The number of carbonyl (C=O) groups is 1. The van der Waals surface area contributed by atoms with Gasteiger partial charge in [0.05, 0.1) is 5.56 Å². The van der Waals surface area contributed by atoms with Crippen molar-refractivity contribution in [1.82, 2.24) is 5.32 Å². The summed E-state index contributed by atoms with van der Waals surface area (Å²) in [5.41, 5.74) is 1.63. The Bertz CT molecular complexity index is 455. The van der Waals surface area contributed by atoms with E-state index >= 15 is 0 Å². The Morgan fingerprint density at radius 3 is 2.83 bits per heavy atom. The van der Waals surface area contributed by atoms with Crippen LogP contribution in [0.25, 0.3) is 0 Å². The van der Waals surface area contributed by atoms with Crippen molar-refractivity contribution in [2.45, 2.75) is 26.2 Å². The van der Waals surface area contributed by atoms with Gasteiger partial charge in [0, 0.05) is 11.9 Å². The van der Waals surface area contributed by atoms with Crippen molar-refractivity contribution in [3.63, 3.8) is 0 Å². The SMILES string of the molecule is Cc1ccc(O)c(C(=O)NCC2(CCBr)CC2)c1. The first-order chi connectivity index (χ1) is 8.56. The second kappa shape index (κ2) is 5.31. The van der Waals surface area contributed by atoms with Crippen molar-refractivity contribution in [2.24, 2.45) is 5.41 Å². The first-order valence-electron chi connectivity index (χ1n) is 6.20. The molecular formula is C14H18BrNO2. The molecule has 98 valence electrons. The maximum absolute atomic E-state index is 12.0. The van der Waals surface area contributed by atoms with Crippen LogP contribution in [0.1, 0.15) is 35.2 Å². The number of amides is 1. The van der Waals surface area contributed by atoms with Crippen LogP contribution in [0.5, 0.6) is 5.75 Å². The highest BCUT2D eigenvalue weighted by molar-refractivity contribution is 9.09. The Hall–Kier alpha value is -1.03. The minimum absolute atomic E-state index is 0.0449. The molecule has 1 saturated carbocycles. The zero-order valence-corrected chi connectivity index (χ0v) is 12.1. The highest BCUT2D eigenvalue weighted by Gasteiger charge is 2.41. The average molecular weight is 312 g/mol. The molecule has 1 aliphatic rings. The van der Waals surface area contributed by atoms with Crippen molar-refractivity contribution in [3.8, 4) is 5.75 Å². The number of hydrogen-bond donors (Lipinski definition) is 2. The van der Waals surface area contributed by atoms with E-state index < -0.39 is 0 Å². The molecule has 0 unspecified atom stereocenters. The van der Waals surface area contributed by atoms with Crippen LogP contribution in [-0.2, 0) is 0 Å². The van der Waals surface area contributed by atoms with Gasteiger partial charge in [-0.3, -0.25) is 4.79 Å². The third-order valence-corrected chi connectivity index (χ3v) is 4.00. The van der Waals surface area contributed by atoms with Crippen LogP contribution in [0, 0.1) is 12.3 Å². The lowest BCUT2D eigenvalue weighted by atomic mass is 10.0. The normalized spacial score (nSPS) is 16.3. The molecule has 0 saturated heterocycles. The van der Waals surface area contributed by atoms with Gasteiger partial charge in [-0.05, 0) is 43.7 Å². The molecular weight excluding hydrogens is 294 g/mol. The molecule has 2 rings (SSSR count). The van der Waals surface area contributed by atoms with E-state index in [0.717, 1.165) is 17.3 Å². The van der Waals surface area contributed by atoms with Gasteiger partial charge in [0.1, 0.15) is 5.75 Å². The molecule has 0 aromatic heterocycles. The van der Waals surface area contributed by atoms with Crippen molar-refractivity contribution < 1.29 is 9.90 Å². The number of aromatic hydroxyl groups is 1. The molecule has 0 aliphatic heterocycles. The first-order valence-corrected chi connectivity index (χ1v) is 7.32. The molecule has 0 atom stereocenters. The second-order valence-corrected chi connectivity index (χ2v) is 5.94. The lowest BCUT2D eigenvalue weighted by Gasteiger charge is -2.15. The van der Waals surface area contributed by atoms with E-state index in [1.165, 1.54) is 12.8 Å². The number of phenols is 1. The topological polar surface area (TPSA) is 49.3 Å². The zero-order valence-electron chi connectivity index (χ0n) is 10.5. The van der Waals surface area contributed by atoms with E-state index in [-0.39, 0.29) is 11.7 Å². The molecule has 4 heteroatoms. The van der Waals surface area contributed by atoms with Gasteiger partial charge < -0.3 is 10.4 Å². The minimum atomic E-state index is -0.183. The summed E-state index contributed by atoms with van der Waals surface area (Å²) < 4.78 is 0. The molecule has 0 heterocycles. The predicted molar refractivity (Wildman–Crippen MR) is 75.3 cm³/mol. The maximum atomic E-state index is 12.0. The molecule has 18 heavy (non-hydrogen) atoms. The van der Waals surface area contributed by atoms with Crippen molar-refractivity contribution in [1.29, 1.82) is 0 Å². The summed E-state index contributed by atoms with van der Waals surface area (Å²) in [6.45, 7) is 2.61. The van der Waals surface area contributed by atoms with Gasteiger partial charge in [0.15, 0.2) is 0 Å². The predicted octanol–water partition coefficient (Wildman–Crippen LogP) is 3.00. The van der Waals surface area contributed by atoms with E-state index in [1.54, 1.807) is 18.2 Å². The summed E-state index contributed by atoms with van der Waals surface area (Å²) in [5, 5.41) is 13.6. The van der Waals surface area contributed by atoms with Gasteiger partial charge >= 0.3 is 0 Å². The van der Waals surface area contributed by atoms with Crippen LogP contribution in [0.15, 0.2) is 18.2 Å². The van der Waals surface area contributed by atoms with Crippen LogP contribution in [0.3, 0.4) is 0 Å². The number of aryl methyl sites for hydroxylation is 1.